The minimum atomic E-state index is 0.418. The van der Waals surface area contributed by atoms with Gasteiger partial charge in [0.1, 0.15) is 0 Å². The van der Waals surface area contributed by atoms with E-state index in [-0.39, 0.29) is 0 Å². The Hall–Kier alpha value is -1.34. The molecule has 0 amide bonds. The van der Waals surface area contributed by atoms with Crippen molar-refractivity contribution < 1.29 is 0 Å². The molecule has 20 heavy (non-hydrogen) atoms. The van der Waals surface area contributed by atoms with Crippen molar-refractivity contribution in [1.29, 1.82) is 0 Å². The van der Waals surface area contributed by atoms with E-state index in [1.54, 1.807) is 0 Å². The maximum absolute atomic E-state index is 5.38. The van der Waals surface area contributed by atoms with E-state index in [1.165, 1.54) is 12.1 Å². The van der Waals surface area contributed by atoms with Crippen molar-refractivity contribution >= 4 is 0 Å². The van der Waals surface area contributed by atoms with Gasteiger partial charge in [-0.25, -0.2) is 0 Å². The molecule has 2 N–H and O–H groups in total. The molecule has 0 radical (unpaired) electrons. The lowest BCUT2D eigenvalue weighted by molar-refractivity contribution is 0.0834. The summed E-state index contributed by atoms with van der Waals surface area (Å²) >= 11 is 0. The van der Waals surface area contributed by atoms with Crippen LogP contribution in [-0.4, -0.2) is 48.6 Å². The van der Waals surface area contributed by atoms with Gasteiger partial charge in [0, 0.05) is 37.8 Å². The van der Waals surface area contributed by atoms with Crippen LogP contribution in [0.1, 0.15) is 25.0 Å². The van der Waals surface area contributed by atoms with Gasteiger partial charge in [0.15, 0.2) is 0 Å². The maximum atomic E-state index is 5.38. The Bertz CT molecular complexity index is 469. The average Bonchev–Trinajstić information content (AvgIpc) is 2.47. The average molecular weight is 271 g/mol. The van der Waals surface area contributed by atoms with Crippen LogP contribution in [0.25, 0.3) is 0 Å². The molecule has 1 aromatic carbocycles. The summed E-state index contributed by atoms with van der Waals surface area (Å²) in [5, 5.41) is 0. The third-order valence-corrected chi connectivity index (χ3v) is 3.95. The molecule has 0 bridgehead atoms. The predicted molar refractivity (Wildman–Crippen MR) is 84.4 cm³/mol. The molecular formula is C17H25N3. The van der Waals surface area contributed by atoms with Gasteiger partial charge in [0.05, 0.1) is 6.54 Å². The second-order valence-electron chi connectivity index (χ2n) is 5.42. The van der Waals surface area contributed by atoms with Crippen molar-refractivity contribution in [2.45, 2.75) is 26.4 Å². The zero-order valence-corrected chi connectivity index (χ0v) is 12.6. The lowest BCUT2D eigenvalue weighted by Gasteiger charge is -2.39. The molecule has 1 atom stereocenters. The molecule has 1 aliphatic rings. The second kappa shape index (κ2) is 7.44. The van der Waals surface area contributed by atoms with Gasteiger partial charge in [-0.1, -0.05) is 30.9 Å². The molecule has 1 unspecified atom stereocenters. The normalized spacial score (nSPS) is 20.4. The van der Waals surface area contributed by atoms with Crippen LogP contribution >= 0.6 is 0 Å². The minimum Gasteiger partial charge on any atom is -0.320 e. The van der Waals surface area contributed by atoms with Crippen LogP contribution in [0.15, 0.2) is 24.3 Å². The topological polar surface area (TPSA) is 32.5 Å². The van der Waals surface area contributed by atoms with E-state index in [1.807, 2.05) is 0 Å². The van der Waals surface area contributed by atoms with Crippen LogP contribution in [0.2, 0.25) is 0 Å². The summed E-state index contributed by atoms with van der Waals surface area (Å²) in [5.41, 5.74) is 7.79. The van der Waals surface area contributed by atoms with E-state index in [0.29, 0.717) is 12.6 Å². The van der Waals surface area contributed by atoms with Crippen LogP contribution in [0.3, 0.4) is 0 Å². The van der Waals surface area contributed by atoms with Gasteiger partial charge in [-0.05, 0) is 31.2 Å². The highest BCUT2D eigenvalue weighted by molar-refractivity contribution is 5.36. The predicted octanol–water partition coefficient (Wildman–Crippen LogP) is 1.52. The number of hydrogen-bond acceptors (Lipinski definition) is 3. The fourth-order valence-electron chi connectivity index (χ4n) is 2.79. The lowest BCUT2D eigenvalue weighted by Crippen LogP contribution is -2.51. The molecule has 1 saturated heterocycles. The summed E-state index contributed by atoms with van der Waals surface area (Å²) in [6, 6.07) is 9.19. The molecular weight excluding hydrogens is 246 g/mol. The smallest absolute Gasteiger partial charge is 0.0555 e. The Kier molecular flexibility index (Phi) is 5.60. The molecule has 0 aromatic heterocycles. The number of benzene rings is 1. The first-order valence-electron chi connectivity index (χ1n) is 7.47. The first-order chi connectivity index (χ1) is 9.72. The van der Waals surface area contributed by atoms with Crippen LogP contribution in [0, 0.1) is 11.8 Å². The Morgan fingerprint density at radius 2 is 2.00 bits per heavy atom. The van der Waals surface area contributed by atoms with Crippen molar-refractivity contribution in [3.05, 3.63) is 35.4 Å². The summed E-state index contributed by atoms with van der Waals surface area (Å²) in [7, 11) is 0. The quantitative estimate of drug-likeness (QED) is 0.846. The Morgan fingerprint density at radius 1 is 1.25 bits per heavy atom. The van der Waals surface area contributed by atoms with Gasteiger partial charge in [-0.3, -0.25) is 9.80 Å². The molecule has 108 valence electrons. The highest BCUT2D eigenvalue weighted by Crippen LogP contribution is 2.13. The molecule has 1 fully saturated rings. The van der Waals surface area contributed by atoms with Crippen molar-refractivity contribution in [2.75, 3.05) is 32.7 Å². The first kappa shape index (κ1) is 15.1. The van der Waals surface area contributed by atoms with Crippen molar-refractivity contribution in [3.8, 4) is 11.8 Å². The highest BCUT2D eigenvalue weighted by atomic mass is 15.3. The molecule has 0 spiro atoms. The van der Waals surface area contributed by atoms with Crippen LogP contribution in [-0.2, 0) is 6.54 Å². The Labute approximate surface area is 122 Å². The number of nitrogens with two attached hydrogens (primary N) is 1. The van der Waals surface area contributed by atoms with E-state index in [9.17, 15) is 0 Å². The summed E-state index contributed by atoms with van der Waals surface area (Å²) in [4.78, 5) is 5.08. The van der Waals surface area contributed by atoms with E-state index >= 15 is 0 Å². The van der Waals surface area contributed by atoms with E-state index in [4.69, 9.17) is 5.73 Å². The minimum absolute atomic E-state index is 0.418. The van der Waals surface area contributed by atoms with E-state index in [2.05, 4.69) is 59.8 Å². The Morgan fingerprint density at radius 3 is 2.60 bits per heavy atom. The number of likely N-dealkylation sites (N-methyl/N-ethyl adjacent to an activating group) is 1. The SMILES string of the molecule is CCN1CCN(Cc2ccc(C#CCN)cc2)CC1C. The monoisotopic (exact) mass is 271 g/mol. The number of rotatable bonds is 3. The van der Waals surface area contributed by atoms with E-state index < -0.39 is 0 Å². The molecule has 1 aromatic rings. The van der Waals surface area contributed by atoms with Crippen LogP contribution in [0.5, 0.6) is 0 Å². The van der Waals surface area contributed by atoms with Crippen LogP contribution in [0.4, 0.5) is 0 Å². The van der Waals surface area contributed by atoms with Crippen molar-refractivity contribution in [1.82, 2.24) is 9.80 Å². The van der Waals surface area contributed by atoms with Crippen molar-refractivity contribution in [3.63, 3.8) is 0 Å². The summed E-state index contributed by atoms with van der Waals surface area (Å²) in [6.07, 6.45) is 0. The molecule has 3 heteroatoms. The maximum Gasteiger partial charge on any atom is 0.0555 e. The Balaban J connectivity index is 1.90. The molecule has 3 nitrogen and oxygen atoms in total. The number of hydrogen-bond donors (Lipinski definition) is 1. The molecule has 1 aliphatic heterocycles. The van der Waals surface area contributed by atoms with Gasteiger partial charge in [0.25, 0.3) is 0 Å². The van der Waals surface area contributed by atoms with Gasteiger partial charge < -0.3 is 5.73 Å². The fraction of sp³-hybridized carbons (Fsp3) is 0.529. The van der Waals surface area contributed by atoms with Gasteiger partial charge >= 0.3 is 0 Å². The summed E-state index contributed by atoms with van der Waals surface area (Å²) < 4.78 is 0. The fourth-order valence-corrected chi connectivity index (χ4v) is 2.79. The van der Waals surface area contributed by atoms with Gasteiger partial charge in [0.2, 0.25) is 0 Å². The van der Waals surface area contributed by atoms with Gasteiger partial charge in [-0.15, -0.1) is 0 Å². The third kappa shape index (κ3) is 4.08. The van der Waals surface area contributed by atoms with Crippen molar-refractivity contribution in [2.24, 2.45) is 5.73 Å². The molecule has 2 rings (SSSR count). The third-order valence-electron chi connectivity index (χ3n) is 3.95. The zero-order chi connectivity index (χ0) is 14.4. The molecule has 1 heterocycles. The molecule has 0 aliphatic carbocycles. The summed E-state index contributed by atoms with van der Waals surface area (Å²) in [6.45, 7) is 10.7. The second-order valence-corrected chi connectivity index (χ2v) is 5.42. The van der Waals surface area contributed by atoms with Crippen LogP contribution < -0.4 is 5.73 Å². The molecule has 0 saturated carbocycles. The van der Waals surface area contributed by atoms with E-state index in [0.717, 1.165) is 31.7 Å². The highest BCUT2D eigenvalue weighted by Gasteiger charge is 2.21. The number of piperazine rings is 1. The number of nitrogens with zero attached hydrogens (tertiary/aromatic N) is 2. The largest absolute Gasteiger partial charge is 0.320 e. The summed E-state index contributed by atoms with van der Waals surface area (Å²) in [5.74, 6) is 5.94. The first-order valence-corrected chi connectivity index (χ1v) is 7.47. The lowest BCUT2D eigenvalue weighted by atomic mass is 10.1. The van der Waals surface area contributed by atoms with Gasteiger partial charge in [-0.2, -0.15) is 0 Å². The zero-order valence-electron chi connectivity index (χ0n) is 12.6. The standard InChI is InChI=1S/C17H25N3/c1-3-20-12-11-19(13-15(20)2)14-17-8-6-16(7-9-17)5-4-10-18/h6-9,15H,3,10-14,18H2,1-2H3.